The highest BCUT2D eigenvalue weighted by atomic mass is 32.2. The Labute approximate surface area is 126 Å². The van der Waals surface area contributed by atoms with Gasteiger partial charge >= 0.3 is 5.97 Å². The molecule has 5 nitrogen and oxygen atoms in total. The third-order valence-electron chi connectivity index (χ3n) is 3.19. The van der Waals surface area contributed by atoms with E-state index in [9.17, 15) is 18.3 Å². The van der Waals surface area contributed by atoms with Crippen LogP contribution in [0.3, 0.4) is 0 Å². The first kappa shape index (κ1) is 17.7. The Morgan fingerprint density at radius 2 is 1.90 bits per heavy atom. The summed E-state index contributed by atoms with van der Waals surface area (Å²) in [6.07, 6.45) is 1.85. The minimum absolute atomic E-state index is 0.0127. The van der Waals surface area contributed by atoms with Gasteiger partial charge in [-0.05, 0) is 24.3 Å². The van der Waals surface area contributed by atoms with Crippen molar-refractivity contribution in [3.8, 4) is 0 Å². The summed E-state index contributed by atoms with van der Waals surface area (Å²) < 4.78 is 26.4. The van der Waals surface area contributed by atoms with Crippen LogP contribution in [-0.4, -0.2) is 31.3 Å². The fourth-order valence-electron chi connectivity index (χ4n) is 2.24. The van der Waals surface area contributed by atoms with Gasteiger partial charge < -0.3 is 5.11 Å². The molecule has 118 valence electrons. The summed E-state index contributed by atoms with van der Waals surface area (Å²) in [6, 6.07) is 7.85. The van der Waals surface area contributed by atoms with Gasteiger partial charge in [-0.3, -0.25) is 4.79 Å². The van der Waals surface area contributed by atoms with Gasteiger partial charge in [0.05, 0.1) is 5.75 Å². The van der Waals surface area contributed by atoms with Gasteiger partial charge in [0.2, 0.25) is 10.0 Å². The molecule has 1 aromatic rings. The molecule has 0 fully saturated rings. The average molecular weight is 313 g/mol. The van der Waals surface area contributed by atoms with Crippen molar-refractivity contribution >= 4 is 16.0 Å². The number of aliphatic carboxylic acids is 1. The Morgan fingerprint density at radius 1 is 1.29 bits per heavy atom. The lowest BCUT2D eigenvalue weighted by Gasteiger charge is -2.17. The summed E-state index contributed by atoms with van der Waals surface area (Å²) in [7, 11) is -3.60. The molecule has 0 saturated heterocycles. The normalized spacial score (nSPS) is 14.6. The zero-order chi connectivity index (χ0) is 15.9. The third-order valence-corrected chi connectivity index (χ3v) is 4.84. The minimum Gasteiger partial charge on any atom is -0.480 e. The van der Waals surface area contributed by atoms with E-state index in [1.807, 2.05) is 19.9 Å². The Hall–Kier alpha value is -1.40. The fraction of sp³-hybridized carbons (Fsp3) is 0.533. The molecule has 0 heterocycles. The van der Waals surface area contributed by atoms with Gasteiger partial charge in [0.25, 0.3) is 0 Å². The number of benzene rings is 1. The maximum atomic E-state index is 12.0. The van der Waals surface area contributed by atoms with Crippen molar-refractivity contribution in [3.05, 3.63) is 35.9 Å². The minimum atomic E-state index is -3.60. The van der Waals surface area contributed by atoms with E-state index in [-0.39, 0.29) is 18.1 Å². The molecule has 0 aliphatic rings. The van der Waals surface area contributed by atoms with Crippen molar-refractivity contribution in [1.29, 1.82) is 0 Å². The van der Waals surface area contributed by atoms with E-state index >= 15 is 0 Å². The molecule has 6 heteroatoms. The number of hydrogen-bond acceptors (Lipinski definition) is 3. The van der Waals surface area contributed by atoms with Gasteiger partial charge in [-0.15, -0.1) is 0 Å². The lowest BCUT2D eigenvalue weighted by molar-refractivity contribution is -0.138. The highest BCUT2D eigenvalue weighted by Crippen LogP contribution is 2.10. The van der Waals surface area contributed by atoms with Crippen LogP contribution in [0.5, 0.6) is 0 Å². The standard InChI is InChI=1S/C15H23NO4S/c1-3-7-12(2)11-21(19,20)16-14(15(17)18)10-13-8-5-4-6-9-13/h4-6,8-9,12,14,16H,3,7,10-11H2,1-2H3,(H,17,18)/t12?,14-/m1/s1. The van der Waals surface area contributed by atoms with Crippen molar-refractivity contribution in [2.75, 3.05) is 5.75 Å². The Morgan fingerprint density at radius 3 is 2.43 bits per heavy atom. The van der Waals surface area contributed by atoms with Crippen LogP contribution in [-0.2, 0) is 21.2 Å². The second kappa shape index (κ2) is 8.14. The summed E-state index contributed by atoms with van der Waals surface area (Å²) in [6.45, 7) is 3.85. The summed E-state index contributed by atoms with van der Waals surface area (Å²) in [4.78, 5) is 11.3. The summed E-state index contributed by atoms with van der Waals surface area (Å²) >= 11 is 0. The van der Waals surface area contributed by atoms with Crippen LogP contribution in [0.15, 0.2) is 30.3 Å². The van der Waals surface area contributed by atoms with Crippen LogP contribution in [0.4, 0.5) is 0 Å². The number of nitrogens with one attached hydrogen (secondary N) is 1. The number of carboxylic acids is 1. The molecule has 21 heavy (non-hydrogen) atoms. The molecule has 0 aliphatic carbocycles. The molecular weight excluding hydrogens is 290 g/mol. The molecule has 1 rings (SSSR count). The molecular formula is C15H23NO4S. The molecule has 0 aliphatic heterocycles. The van der Waals surface area contributed by atoms with Crippen molar-refractivity contribution in [1.82, 2.24) is 4.72 Å². The molecule has 2 atom stereocenters. The number of sulfonamides is 1. The lowest BCUT2D eigenvalue weighted by atomic mass is 10.1. The first-order valence-corrected chi connectivity index (χ1v) is 8.76. The van der Waals surface area contributed by atoms with E-state index in [1.165, 1.54) is 0 Å². The molecule has 0 radical (unpaired) electrons. The van der Waals surface area contributed by atoms with Crippen molar-refractivity contribution in [3.63, 3.8) is 0 Å². The highest BCUT2D eigenvalue weighted by molar-refractivity contribution is 7.89. The van der Waals surface area contributed by atoms with Crippen LogP contribution < -0.4 is 4.72 Å². The maximum Gasteiger partial charge on any atom is 0.322 e. The molecule has 0 aromatic heterocycles. The molecule has 1 aromatic carbocycles. The van der Waals surface area contributed by atoms with Crippen LogP contribution in [0.1, 0.15) is 32.3 Å². The van der Waals surface area contributed by atoms with Crippen LogP contribution in [0.2, 0.25) is 0 Å². The van der Waals surface area contributed by atoms with E-state index in [4.69, 9.17) is 0 Å². The zero-order valence-electron chi connectivity index (χ0n) is 12.5. The van der Waals surface area contributed by atoms with Gasteiger partial charge in [0, 0.05) is 0 Å². The summed E-state index contributed by atoms with van der Waals surface area (Å²) in [5.41, 5.74) is 0.786. The number of carbonyl (C=O) groups is 1. The lowest BCUT2D eigenvalue weighted by Crippen LogP contribution is -2.44. The van der Waals surface area contributed by atoms with E-state index in [0.717, 1.165) is 18.4 Å². The molecule has 1 unspecified atom stereocenters. The van der Waals surface area contributed by atoms with Crippen LogP contribution in [0.25, 0.3) is 0 Å². The fourth-order valence-corrected chi connectivity index (χ4v) is 3.87. The van der Waals surface area contributed by atoms with Crippen molar-refractivity contribution < 1.29 is 18.3 Å². The van der Waals surface area contributed by atoms with Gasteiger partial charge in [0.1, 0.15) is 6.04 Å². The SMILES string of the molecule is CCCC(C)CS(=O)(=O)N[C@H](Cc1ccccc1)C(=O)O. The Bertz CT molecular complexity index is 542. The topological polar surface area (TPSA) is 83.5 Å². The van der Waals surface area contributed by atoms with E-state index in [2.05, 4.69) is 4.72 Å². The predicted molar refractivity (Wildman–Crippen MR) is 82.6 cm³/mol. The number of rotatable bonds is 9. The Balaban J connectivity index is 2.72. The molecule has 0 amide bonds. The zero-order valence-corrected chi connectivity index (χ0v) is 13.3. The van der Waals surface area contributed by atoms with E-state index in [0.29, 0.717) is 0 Å². The van der Waals surface area contributed by atoms with Crippen molar-refractivity contribution in [2.45, 2.75) is 39.2 Å². The third kappa shape index (κ3) is 6.73. The van der Waals surface area contributed by atoms with Gasteiger partial charge in [-0.1, -0.05) is 50.6 Å². The first-order valence-electron chi connectivity index (χ1n) is 7.10. The number of hydrogen-bond donors (Lipinski definition) is 2. The average Bonchev–Trinajstić information content (AvgIpc) is 2.38. The molecule has 0 saturated carbocycles. The van der Waals surface area contributed by atoms with Gasteiger partial charge in [0.15, 0.2) is 0 Å². The quantitative estimate of drug-likeness (QED) is 0.731. The first-order chi connectivity index (χ1) is 9.84. The van der Waals surface area contributed by atoms with Crippen molar-refractivity contribution in [2.24, 2.45) is 5.92 Å². The molecule has 0 bridgehead atoms. The smallest absolute Gasteiger partial charge is 0.322 e. The van der Waals surface area contributed by atoms with E-state index < -0.39 is 22.0 Å². The number of carboxylic acid groups (broad SMARTS) is 1. The largest absolute Gasteiger partial charge is 0.480 e. The molecule has 2 N–H and O–H groups in total. The monoisotopic (exact) mass is 313 g/mol. The second-order valence-corrected chi connectivity index (χ2v) is 7.17. The van der Waals surface area contributed by atoms with Gasteiger partial charge in [-0.2, -0.15) is 0 Å². The van der Waals surface area contributed by atoms with Crippen LogP contribution >= 0.6 is 0 Å². The molecule has 0 spiro atoms. The second-order valence-electron chi connectivity index (χ2n) is 5.37. The summed E-state index contributed by atoms with van der Waals surface area (Å²) in [5.74, 6) is -1.19. The maximum absolute atomic E-state index is 12.0. The summed E-state index contributed by atoms with van der Waals surface area (Å²) in [5, 5.41) is 9.21. The predicted octanol–water partition coefficient (Wildman–Crippen LogP) is 2.04. The Kier molecular flexibility index (Phi) is 6.84. The highest BCUT2D eigenvalue weighted by Gasteiger charge is 2.25. The van der Waals surface area contributed by atoms with Crippen LogP contribution in [0, 0.1) is 5.92 Å². The van der Waals surface area contributed by atoms with E-state index in [1.54, 1.807) is 24.3 Å². The van der Waals surface area contributed by atoms with Gasteiger partial charge in [-0.25, -0.2) is 13.1 Å².